The topological polar surface area (TPSA) is 121 Å². The molecule has 1 unspecified atom stereocenters. The minimum absolute atomic E-state index is 0.0568. The number of unbranched alkanes of at least 4 members (excludes halogenated alkanes) is 1. The van der Waals surface area contributed by atoms with Gasteiger partial charge in [0.05, 0.1) is 0 Å². The molecule has 7 heteroatoms. The summed E-state index contributed by atoms with van der Waals surface area (Å²) in [5, 5.41) is 2.69. The van der Waals surface area contributed by atoms with Gasteiger partial charge in [-0.2, -0.15) is 0 Å². The Bertz CT molecular complexity index is 477. The number of H-pyrrole nitrogens is 2. The van der Waals surface area contributed by atoms with Gasteiger partial charge in [0.25, 0.3) is 11.5 Å². The molecule has 1 heterocycles. The molecule has 1 atom stereocenters. The number of carbonyl (C=O) groups is 1. The third-order valence-electron chi connectivity index (χ3n) is 2.53. The maximum atomic E-state index is 11.8. The van der Waals surface area contributed by atoms with E-state index >= 15 is 0 Å². The second-order valence-electron chi connectivity index (χ2n) is 4.05. The van der Waals surface area contributed by atoms with Crippen LogP contribution >= 0.6 is 0 Å². The Kier molecular flexibility index (Phi) is 5.31. The van der Waals surface area contributed by atoms with Gasteiger partial charge in [0.2, 0.25) is 0 Å². The van der Waals surface area contributed by atoms with Crippen molar-refractivity contribution in [3.63, 3.8) is 0 Å². The Labute approximate surface area is 104 Å². The summed E-state index contributed by atoms with van der Waals surface area (Å²) < 4.78 is 0. The highest BCUT2D eigenvalue weighted by Crippen LogP contribution is 2.00. The van der Waals surface area contributed by atoms with Crippen LogP contribution in [-0.4, -0.2) is 28.5 Å². The summed E-state index contributed by atoms with van der Waals surface area (Å²) in [7, 11) is 0. The molecule has 0 radical (unpaired) electrons. The van der Waals surface area contributed by atoms with Crippen molar-refractivity contribution in [2.45, 2.75) is 32.2 Å². The molecule has 0 aliphatic heterocycles. The summed E-state index contributed by atoms with van der Waals surface area (Å²) >= 11 is 0. The Morgan fingerprint density at radius 1 is 1.44 bits per heavy atom. The van der Waals surface area contributed by atoms with E-state index in [9.17, 15) is 14.4 Å². The highest BCUT2D eigenvalue weighted by Gasteiger charge is 2.13. The molecule has 100 valence electrons. The number of hydrogen-bond acceptors (Lipinski definition) is 4. The molecule has 0 fully saturated rings. The molecule has 0 aliphatic carbocycles. The summed E-state index contributed by atoms with van der Waals surface area (Å²) in [4.78, 5) is 38.1. The Morgan fingerprint density at radius 2 is 2.17 bits per heavy atom. The predicted octanol–water partition coefficient (Wildman–Crippen LogP) is -0.689. The van der Waals surface area contributed by atoms with Crippen molar-refractivity contribution in [3.05, 3.63) is 32.6 Å². The van der Waals surface area contributed by atoms with E-state index in [1.54, 1.807) is 0 Å². The lowest BCUT2D eigenvalue weighted by Crippen LogP contribution is -2.41. The first kappa shape index (κ1) is 14.2. The zero-order valence-corrected chi connectivity index (χ0v) is 10.3. The molecule has 1 aromatic rings. The number of aromatic nitrogens is 2. The van der Waals surface area contributed by atoms with Gasteiger partial charge in [-0.3, -0.25) is 14.6 Å². The summed E-state index contributed by atoms with van der Waals surface area (Å²) in [5.41, 5.74) is 4.18. The lowest BCUT2D eigenvalue weighted by atomic mass is 10.1. The van der Waals surface area contributed by atoms with Crippen molar-refractivity contribution in [1.82, 2.24) is 15.3 Å². The fourth-order valence-corrected chi connectivity index (χ4v) is 1.55. The number of nitrogens with two attached hydrogens (primary N) is 1. The fraction of sp³-hybridized carbons (Fsp3) is 0.545. The average Bonchev–Trinajstić information content (AvgIpc) is 2.32. The lowest BCUT2D eigenvalue weighted by molar-refractivity contribution is 0.0930. The summed E-state index contributed by atoms with van der Waals surface area (Å²) in [6.45, 7) is 2.36. The lowest BCUT2D eigenvalue weighted by Gasteiger charge is -2.16. The monoisotopic (exact) mass is 254 g/mol. The third-order valence-corrected chi connectivity index (χ3v) is 2.53. The number of amides is 1. The summed E-state index contributed by atoms with van der Waals surface area (Å²) in [5.74, 6) is -0.496. The van der Waals surface area contributed by atoms with Crippen molar-refractivity contribution in [3.8, 4) is 0 Å². The largest absolute Gasteiger partial charge is 0.347 e. The van der Waals surface area contributed by atoms with Gasteiger partial charge in [0.15, 0.2) is 0 Å². The summed E-state index contributed by atoms with van der Waals surface area (Å²) in [6, 6.07) is 0.893. The van der Waals surface area contributed by atoms with E-state index in [1.807, 2.05) is 11.9 Å². The van der Waals surface area contributed by atoms with Crippen LogP contribution < -0.4 is 22.3 Å². The molecule has 0 saturated heterocycles. The van der Waals surface area contributed by atoms with Crippen LogP contribution in [0, 0.1) is 0 Å². The average molecular weight is 254 g/mol. The number of carbonyl (C=O) groups excluding carboxylic acids is 1. The molecule has 0 spiro atoms. The first-order valence-corrected chi connectivity index (χ1v) is 5.91. The molecule has 5 N–H and O–H groups in total. The van der Waals surface area contributed by atoms with Crippen LogP contribution in [0.3, 0.4) is 0 Å². The van der Waals surface area contributed by atoms with E-state index in [2.05, 4.69) is 10.3 Å². The van der Waals surface area contributed by atoms with Crippen LogP contribution in [0.5, 0.6) is 0 Å². The van der Waals surface area contributed by atoms with Gasteiger partial charge in [-0.1, -0.05) is 19.8 Å². The molecule has 1 rings (SSSR count). The first-order chi connectivity index (χ1) is 8.56. The smallest absolute Gasteiger partial charge is 0.326 e. The SMILES string of the molecule is CCCCC(CN)NC(=O)c1cc(=O)[nH]c(=O)[nH]1. The molecule has 0 bridgehead atoms. The van der Waals surface area contributed by atoms with Crippen LogP contribution in [0.2, 0.25) is 0 Å². The second-order valence-corrected chi connectivity index (χ2v) is 4.05. The zero-order chi connectivity index (χ0) is 13.5. The molecule has 18 heavy (non-hydrogen) atoms. The number of aromatic amines is 2. The Balaban J connectivity index is 2.74. The number of hydrogen-bond donors (Lipinski definition) is 4. The maximum absolute atomic E-state index is 11.8. The van der Waals surface area contributed by atoms with Crippen molar-refractivity contribution in [1.29, 1.82) is 0 Å². The zero-order valence-electron chi connectivity index (χ0n) is 10.3. The standard InChI is InChI=1S/C11H18N4O3/c1-2-3-4-7(6-12)13-10(17)8-5-9(16)15-11(18)14-8/h5,7H,2-4,6,12H2,1H3,(H,13,17)(H2,14,15,16,18). The molecule has 0 aromatic carbocycles. The molecule has 1 aromatic heterocycles. The van der Waals surface area contributed by atoms with E-state index in [1.165, 1.54) is 0 Å². The molecule has 0 aliphatic rings. The highest BCUT2D eigenvalue weighted by molar-refractivity contribution is 5.92. The van der Waals surface area contributed by atoms with Gasteiger partial charge in [-0.25, -0.2) is 4.79 Å². The van der Waals surface area contributed by atoms with Gasteiger partial charge in [-0.05, 0) is 6.42 Å². The van der Waals surface area contributed by atoms with E-state index in [0.717, 1.165) is 25.3 Å². The van der Waals surface area contributed by atoms with Crippen molar-refractivity contribution < 1.29 is 4.79 Å². The molecular weight excluding hydrogens is 236 g/mol. The first-order valence-electron chi connectivity index (χ1n) is 5.91. The Morgan fingerprint density at radius 3 is 2.72 bits per heavy atom. The van der Waals surface area contributed by atoms with E-state index in [-0.39, 0.29) is 11.7 Å². The van der Waals surface area contributed by atoms with Gasteiger partial charge < -0.3 is 16.0 Å². The fourth-order valence-electron chi connectivity index (χ4n) is 1.55. The third kappa shape index (κ3) is 4.17. The molecule has 0 saturated carbocycles. The van der Waals surface area contributed by atoms with Crippen LogP contribution in [0.4, 0.5) is 0 Å². The van der Waals surface area contributed by atoms with Gasteiger partial charge in [0, 0.05) is 18.7 Å². The highest BCUT2D eigenvalue weighted by atomic mass is 16.2. The van der Waals surface area contributed by atoms with Crippen LogP contribution in [0.15, 0.2) is 15.7 Å². The van der Waals surface area contributed by atoms with Crippen LogP contribution in [0.25, 0.3) is 0 Å². The van der Waals surface area contributed by atoms with Gasteiger partial charge >= 0.3 is 5.69 Å². The summed E-state index contributed by atoms with van der Waals surface area (Å²) in [6.07, 6.45) is 2.73. The maximum Gasteiger partial charge on any atom is 0.326 e. The van der Waals surface area contributed by atoms with Crippen LogP contribution in [0.1, 0.15) is 36.7 Å². The minimum Gasteiger partial charge on any atom is -0.347 e. The van der Waals surface area contributed by atoms with Crippen LogP contribution in [-0.2, 0) is 0 Å². The van der Waals surface area contributed by atoms with E-state index in [0.29, 0.717) is 6.54 Å². The Hall–Kier alpha value is -1.89. The predicted molar refractivity (Wildman–Crippen MR) is 67.5 cm³/mol. The van der Waals surface area contributed by atoms with Crippen molar-refractivity contribution in [2.75, 3.05) is 6.54 Å². The van der Waals surface area contributed by atoms with Crippen molar-refractivity contribution in [2.24, 2.45) is 5.73 Å². The molecule has 1 amide bonds. The minimum atomic E-state index is -0.703. The quantitative estimate of drug-likeness (QED) is 0.537. The van der Waals surface area contributed by atoms with Gasteiger partial charge in [-0.15, -0.1) is 0 Å². The van der Waals surface area contributed by atoms with Gasteiger partial charge in [0.1, 0.15) is 5.69 Å². The second kappa shape index (κ2) is 6.75. The van der Waals surface area contributed by atoms with Crippen molar-refractivity contribution >= 4 is 5.91 Å². The van der Waals surface area contributed by atoms with E-state index < -0.39 is 17.2 Å². The van der Waals surface area contributed by atoms with E-state index in [4.69, 9.17) is 5.73 Å². The normalized spacial score (nSPS) is 12.1. The number of rotatable bonds is 6. The number of nitrogens with one attached hydrogen (secondary N) is 3. The molecule has 7 nitrogen and oxygen atoms in total. The molecular formula is C11H18N4O3.